The van der Waals surface area contributed by atoms with E-state index in [4.69, 9.17) is 4.74 Å². The molecule has 1 atom stereocenters. The van der Waals surface area contributed by atoms with Crippen molar-refractivity contribution >= 4 is 5.91 Å². The molecule has 3 heteroatoms. The number of carbonyl (C=O) groups is 1. The summed E-state index contributed by atoms with van der Waals surface area (Å²) in [5.41, 5.74) is 4.99. The molecule has 2 aromatic rings. The van der Waals surface area contributed by atoms with Crippen LogP contribution in [0.15, 0.2) is 42.5 Å². The lowest BCUT2D eigenvalue weighted by Gasteiger charge is -2.31. The molecule has 0 saturated heterocycles. The van der Waals surface area contributed by atoms with Crippen molar-refractivity contribution in [2.24, 2.45) is 0 Å². The van der Waals surface area contributed by atoms with Gasteiger partial charge >= 0.3 is 0 Å². The van der Waals surface area contributed by atoms with Crippen molar-refractivity contribution in [3.05, 3.63) is 64.7 Å². The minimum Gasteiger partial charge on any atom is -0.481 e. The maximum atomic E-state index is 12.7. The lowest BCUT2D eigenvalue weighted by molar-refractivity contribution is -0.138. The van der Waals surface area contributed by atoms with Crippen molar-refractivity contribution in [2.75, 3.05) is 6.54 Å². The van der Waals surface area contributed by atoms with Gasteiger partial charge in [0.2, 0.25) is 0 Å². The summed E-state index contributed by atoms with van der Waals surface area (Å²) in [6, 6.07) is 14.3. The Morgan fingerprint density at radius 1 is 1.09 bits per heavy atom. The second kappa shape index (κ2) is 6.45. The average molecular weight is 309 g/mol. The second-order valence-corrected chi connectivity index (χ2v) is 6.28. The third-order valence-corrected chi connectivity index (χ3v) is 4.58. The molecule has 0 unspecified atom stereocenters. The van der Waals surface area contributed by atoms with Gasteiger partial charge in [0, 0.05) is 13.1 Å². The Kier molecular flexibility index (Phi) is 4.37. The SMILES string of the molecule is Cc1ccc(O[C@H](C)C(=O)N2CCc3ccccc3C2)cc1C. The first-order valence-electron chi connectivity index (χ1n) is 8.14. The third-order valence-electron chi connectivity index (χ3n) is 4.58. The van der Waals surface area contributed by atoms with Crippen LogP contribution in [-0.4, -0.2) is 23.5 Å². The Morgan fingerprint density at radius 3 is 2.57 bits per heavy atom. The van der Waals surface area contributed by atoms with Gasteiger partial charge in [0.1, 0.15) is 5.75 Å². The molecule has 1 heterocycles. The molecule has 1 amide bonds. The summed E-state index contributed by atoms with van der Waals surface area (Å²) in [4.78, 5) is 14.6. The van der Waals surface area contributed by atoms with E-state index in [-0.39, 0.29) is 5.91 Å². The van der Waals surface area contributed by atoms with Crippen LogP contribution >= 0.6 is 0 Å². The predicted octanol–water partition coefficient (Wildman–Crippen LogP) is 3.66. The molecule has 3 nitrogen and oxygen atoms in total. The first kappa shape index (κ1) is 15.6. The molecule has 0 spiro atoms. The van der Waals surface area contributed by atoms with Crippen molar-refractivity contribution < 1.29 is 9.53 Å². The zero-order valence-corrected chi connectivity index (χ0v) is 14.0. The number of benzene rings is 2. The highest BCUT2D eigenvalue weighted by molar-refractivity contribution is 5.81. The number of rotatable bonds is 3. The number of ether oxygens (including phenoxy) is 1. The highest BCUT2D eigenvalue weighted by Crippen LogP contribution is 2.21. The van der Waals surface area contributed by atoms with Gasteiger partial charge in [-0.1, -0.05) is 30.3 Å². The molecular formula is C20H23NO2. The van der Waals surface area contributed by atoms with E-state index >= 15 is 0 Å². The fourth-order valence-corrected chi connectivity index (χ4v) is 2.98. The van der Waals surface area contributed by atoms with Crippen molar-refractivity contribution in [1.29, 1.82) is 0 Å². The molecule has 0 saturated carbocycles. The summed E-state index contributed by atoms with van der Waals surface area (Å²) in [7, 11) is 0. The number of hydrogen-bond acceptors (Lipinski definition) is 2. The number of hydrogen-bond donors (Lipinski definition) is 0. The Balaban J connectivity index is 1.67. The summed E-state index contributed by atoms with van der Waals surface area (Å²) < 4.78 is 5.86. The Hall–Kier alpha value is -2.29. The Morgan fingerprint density at radius 2 is 1.83 bits per heavy atom. The van der Waals surface area contributed by atoms with Crippen LogP contribution in [0.3, 0.4) is 0 Å². The maximum Gasteiger partial charge on any atom is 0.263 e. The van der Waals surface area contributed by atoms with Gasteiger partial charge in [0.15, 0.2) is 6.10 Å². The normalized spacial score (nSPS) is 15.0. The molecular weight excluding hydrogens is 286 g/mol. The van der Waals surface area contributed by atoms with Gasteiger partial charge in [0.25, 0.3) is 5.91 Å². The lowest BCUT2D eigenvalue weighted by atomic mass is 9.99. The van der Waals surface area contributed by atoms with Gasteiger partial charge in [-0.15, -0.1) is 0 Å². The molecule has 2 aromatic carbocycles. The highest BCUT2D eigenvalue weighted by Gasteiger charge is 2.25. The first-order valence-corrected chi connectivity index (χ1v) is 8.14. The number of fused-ring (bicyclic) bond motifs is 1. The van der Waals surface area contributed by atoms with Crippen molar-refractivity contribution in [2.45, 2.75) is 39.8 Å². The lowest BCUT2D eigenvalue weighted by Crippen LogP contribution is -2.43. The molecule has 120 valence electrons. The molecule has 0 aromatic heterocycles. The van der Waals surface area contributed by atoms with Crippen LogP contribution in [-0.2, 0) is 17.8 Å². The molecule has 23 heavy (non-hydrogen) atoms. The van der Waals surface area contributed by atoms with E-state index in [1.807, 2.05) is 36.1 Å². The van der Waals surface area contributed by atoms with E-state index in [1.165, 1.54) is 22.3 Å². The largest absolute Gasteiger partial charge is 0.481 e. The molecule has 1 aliphatic rings. The smallest absolute Gasteiger partial charge is 0.263 e. The van der Waals surface area contributed by atoms with Gasteiger partial charge in [0.05, 0.1) is 0 Å². The molecule has 0 aliphatic carbocycles. The van der Waals surface area contributed by atoms with Gasteiger partial charge in [-0.25, -0.2) is 0 Å². The average Bonchev–Trinajstić information content (AvgIpc) is 2.57. The zero-order chi connectivity index (χ0) is 16.4. The molecule has 0 bridgehead atoms. The molecule has 0 radical (unpaired) electrons. The van der Waals surface area contributed by atoms with Gasteiger partial charge in [-0.2, -0.15) is 0 Å². The van der Waals surface area contributed by atoms with Gasteiger partial charge in [-0.3, -0.25) is 4.79 Å². The van der Waals surface area contributed by atoms with E-state index in [0.717, 1.165) is 18.7 Å². The molecule has 3 rings (SSSR count). The summed E-state index contributed by atoms with van der Waals surface area (Å²) in [6.45, 7) is 7.39. The second-order valence-electron chi connectivity index (χ2n) is 6.28. The van der Waals surface area contributed by atoms with E-state index in [9.17, 15) is 4.79 Å². The molecule has 0 N–H and O–H groups in total. The van der Waals surface area contributed by atoms with Crippen LogP contribution < -0.4 is 4.74 Å². The Labute approximate surface area is 137 Å². The topological polar surface area (TPSA) is 29.5 Å². The van der Waals surface area contributed by atoms with E-state index in [0.29, 0.717) is 6.54 Å². The van der Waals surface area contributed by atoms with E-state index in [2.05, 4.69) is 32.0 Å². The monoisotopic (exact) mass is 309 g/mol. The van der Waals surface area contributed by atoms with E-state index < -0.39 is 6.10 Å². The van der Waals surface area contributed by atoms with E-state index in [1.54, 1.807) is 0 Å². The maximum absolute atomic E-state index is 12.7. The highest BCUT2D eigenvalue weighted by atomic mass is 16.5. The Bertz CT molecular complexity index is 723. The van der Waals surface area contributed by atoms with Gasteiger partial charge < -0.3 is 9.64 Å². The standard InChI is InChI=1S/C20H23NO2/c1-14-8-9-19(12-15(14)2)23-16(3)20(22)21-11-10-17-6-4-5-7-18(17)13-21/h4-9,12,16H,10-11,13H2,1-3H3/t16-/m1/s1. The number of aryl methyl sites for hydroxylation is 2. The van der Waals surface area contributed by atoms with Crippen LogP contribution in [0.25, 0.3) is 0 Å². The number of amides is 1. The van der Waals surface area contributed by atoms with Crippen LogP contribution in [0.2, 0.25) is 0 Å². The van der Waals surface area contributed by atoms with Crippen LogP contribution in [0.1, 0.15) is 29.2 Å². The van der Waals surface area contributed by atoms with Crippen molar-refractivity contribution in [3.63, 3.8) is 0 Å². The van der Waals surface area contributed by atoms with Crippen LogP contribution in [0, 0.1) is 13.8 Å². The fraction of sp³-hybridized carbons (Fsp3) is 0.350. The third kappa shape index (κ3) is 3.39. The van der Waals surface area contributed by atoms with Crippen molar-refractivity contribution in [1.82, 2.24) is 4.90 Å². The van der Waals surface area contributed by atoms with Crippen molar-refractivity contribution in [3.8, 4) is 5.75 Å². The van der Waals surface area contributed by atoms with Crippen LogP contribution in [0.4, 0.5) is 0 Å². The number of carbonyl (C=O) groups excluding carboxylic acids is 1. The molecule has 0 fully saturated rings. The number of nitrogens with zero attached hydrogens (tertiary/aromatic N) is 1. The zero-order valence-electron chi connectivity index (χ0n) is 14.0. The fourth-order valence-electron chi connectivity index (χ4n) is 2.98. The summed E-state index contributed by atoms with van der Waals surface area (Å²) in [5.74, 6) is 0.809. The quantitative estimate of drug-likeness (QED) is 0.866. The first-order chi connectivity index (χ1) is 11.0. The summed E-state index contributed by atoms with van der Waals surface area (Å²) >= 11 is 0. The molecule has 1 aliphatic heterocycles. The van der Waals surface area contributed by atoms with Gasteiger partial charge in [-0.05, 0) is 61.6 Å². The summed E-state index contributed by atoms with van der Waals surface area (Å²) in [6.07, 6.45) is 0.445. The predicted molar refractivity (Wildman–Crippen MR) is 91.6 cm³/mol. The minimum absolute atomic E-state index is 0.0535. The van der Waals surface area contributed by atoms with Crippen LogP contribution in [0.5, 0.6) is 5.75 Å². The summed E-state index contributed by atoms with van der Waals surface area (Å²) in [5, 5.41) is 0. The minimum atomic E-state index is -0.470.